The molecule has 1 atom stereocenters. The number of carbonyl (C=O) groups is 1. The first-order valence-corrected chi connectivity index (χ1v) is 9.76. The Morgan fingerprint density at radius 1 is 1.21 bits per heavy atom. The Morgan fingerprint density at radius 3 is 2.43 bits per heavy atom. The second kappa shape index (κ2) is 8.76. The average molecular weight is 400 g/mol. The highest BCUT2D eigenvalue weighted by Gasteiger charge is 2.33. The van der Waals surface area contributed by atoms with Crippen LogP contribution in [-0.4, -0.2) is 48.3 Å². The number of hydrogen-bond acceptors (Lipinski definition) is 4. The van der Waals surface area contributed by atoms with E-state index in [0.717, 1.165) is 22.6 Å². The molecule has 1 heterocycles. The van der Waals surface area contributed by atoms with Crippen molar-refractivity contribution in [2.75, 3.05) is 20.7 Å². The van der Waals surface area contributed by atoms with Gasteiger partial charge in [0.05, 0.1) is 25.4 Å². The lowest BCUT2D eigenvalue weighted by Gasteiger charge is -2.26. The molecule has 0 aliphatic carbocycles. The van der Waals surface area contributed by atoms with E-state index in [-0.39, 0.29) is 18.0 Å². The highest BCUT2D eigenvalue weighted by atomic mass is 35.5. The van der Waals surface area contributed by atoms with Crippen molar-refractivity contribution >= 4 is 23.2 Å². The Bertz CT molecular complexity index is 847. The fraction of sp³-hybridized carbons (Fsp3) is 0.364. The molecule has 6 heteroatoms. The van der Waals surface area contributed by atoms with Crippen molar-refractivity contribution in [1.82, 2.24) is 9.91 Å². The van der Waals surface area contributed by atoms with Gasteiger partial charge in [0, 0.05) is 17.5 Å². The highest BCUT2D eigenvalue weighted by molar-refractivity contribution is 6.30. The monoisotopic (exact) mass is 399 g/mol. The number of likely N-dealkylation sites (N-methyl/N-ethyl adjacent to an activating group) is 1. The summed E-state index contributed by atoms with van der Waals surface area (Å²) in [5.41, 5.74) is 2.91. The van der Waals surface area contributed by atoms with Gasteiger partial charge in [-0.2, -0.15) is 5.10 Å². The van der Waals surface area contributed by atoms with Gasteiger partial charge in [-0.1, -0.05) is 23.7 Å². The molecule has 1 unspecified atom stereocenters. The topological polar surface area (TPSA) is 45.1 Å². The van der Waals surface area contributed by atoms with Crippen molar-refractivity contribution in [3.8, 4) is 5.75 Å². The third-order valence-electron chi connectivity index (χ3n) is 5.11. The maximum atomic E-state index is 13.0. The number of methoxy groups -OCH3 is 1. The third-order valence-corrected chi connectivity index (χ3v) is 5.36. The summed E-state index contributed by atoms with van der Waals surface area (Å²) < 4.78 is 5.24. The normalized spacial score (nSPS) is 16.6. The van der Waals surface area contributed by atoms with E-state index < -0.39 is 0 Å². The van der Waals surface area contributed by atoms with E-state index in [1.807, 2.05) is 60.5 Å². The number of amides is 1. The van der Waals surface area contributed by atoms with E-state index in [4.69, 9.17) is 21.4 Å². The van der Waals surface area contributed by atoms with Crippen LogP contribution in [0.4, 0.5) is 0 Å². The predicted octanol–water partition coefficient (Wildman–Crippen LogP) is 4.37. The van der Waals surface area contributed by atoms with Gasteiger partial charge in [0.2, 0.25) is 0 Å². The molecule has 5 nitrogen and oxygen atoms in total. The quantitative estimate of drug-likeness (QED) is 0.724. The number of carbonyl (C=O) groups excluding carboxylic acids is 1. The Hall–Kier alpha value is -2.37. The van der Waals surface area contributed by atoms with Crippen LogP contribution >= 0.6 is 11.6 Å². The number of nitrogens with zero attached hydrogens (tertiary/aromatic N) is 3. The first kappa shape index (κ1) is 20.4. The van der Waals surface area contributed by atoms with Gasteiger partial charge < -0.3 is 4.74 Å². The number of halogens is 1. The minimum Gasteiger partial charge on any atom is -0.497 e. The van der Waals surface area contributed by atoms with Gasteiger partial charge in [-0.25, -0.2) is 5.01 Å². The van der Waals surface area contributed by atoms with E-state index >= 15 is 0 Å². The number of rotatable bonds is 6. The van der Waals surface area contributed by atoms with E-state index in [2.05, 4.69) is 13.8 Å². The molecule has 1 amide bonds. The number of hydrazone groups is 1. The molecule has 0 aromatic heterocycles. The lowest BCUT2D eigenvalue weighted by Crippen LogP contribution is -2.39. The molecule has 2 aromatic carbocycles. The Kier molecular flexibility index (Phi) is 6.37. The molecule has 1 aliphatic heterocycles. The third kappa shape index (κ3) is 4.54. The Morgan fingerprint density at radius 2 is 1.86 bits per heavy atom. The standard InChI is InChI=1S/C22H26ClN3O2/c1-15(2)25(3)14-22(27)26-21(17-5-9-18(23)10-6-17)13-20(24-26)16-7-11-19(28-4)12-8-16/h5-12,15,21H,13-14H2,1-4H3. The molecule has 148 valence electrons. The molecule has 0 bridgehead atoms. The maximum absolute atomic E-state index is 13.0. The molecule has 0 N–H and O–H groups in total. The highest BCUT2D eigenvalue weighted by Crippen LogP contribution is 2.33. The van der Waals surface area contributed by atoms with Crippen LogP contribution in [-0.2, 0) is 4.79 Å². The number of ether oxygens (including phenoxy) is 1. The van der Waals surface area contributed by atoms with E-state index in [1.54, 1.807) is 12.1 Å². The zero-order valence-electron chi connectivity index (χ0n) is 16.7. The lowest BCUT2D eigenvalue weighted by molar-refractivity contribution is -0.134. The van der Waals surface area contributed by atoms with Crippen molar-refractivity contribution in [2.45, 2.75) is 32.4 Å². The Balaban J connectivity index is 1.90. The minimum atomic E-state index is -0.137. The maximum Gasteiger partial charge on any atom is 0.257 e. The molecule has 0 saturated heterocycles. The van der Waals surface area contributed by atoms with E-state index in [0.29, 0.717) is 18.0 Å². The van der Waals surface area contributed by atoms with Crippen LogP contribution in [0.3, 0.4) is 0 Å². The molecule has 0 saturated carbocycles. The minimum absolute atomic E-state index is 0.0142. The molecule has 1 aliphatic rings. The first-order valence-electron chi connectivity index (χ1n) is 9.38. The second-order valence-electron chi connectivity index (χ2n) is 7.29. The van der Waals surface area contributed by atoms with Crippen molar-refractivity contribution in [2.24, 2.45) is 5.10 Å². The smallest absolute Gasteiger partial charge is 0.257 e. The summed E-state index contributed by atoms with van der Waals surface area (Å²) in [5, 5.41) is 7.01. The molecular formula is C22H26ClN3O2. The molecular weight excluding hydrogens is 374 g/mol. The molecule has 0 spiro atoms. The second-order valence-corrected chi connectivity index (χ2v) is 7.73. The Labute approximate surface area is 171 Å². The zero-order chi connectivity index (χ0) is 20.3. The first-order chi connectivity index (χ1) is 13.4. The van der Waals surface area contributed by atoms with Gasteiger partial charge >= 0.3 is 0 Å². The molecule has 0 fully saturated rings. The van der Waals surface area contributed by atoms with Gasteiger partial charge in [-0.15, -0.1) is 0 Å². The molecule has 0 radical (unpaired) electrons. The van der Waals surface area contributed by atoms with Crippen molar-refractivity contribution in [3.05, 3.63) is 64.7 Å². The summed E-state index contributed by atoms with van der Waals surface area (Å²) in [6.45, 7) is 4.46. The molecule has 2 aromatic rings. The fourth-order valence-electron chi connectivity index (χ4n) is 3.11. The van der Waals surface area contributed by atoms with Crippen LogP contribution in [0.25, 0.3) is 0 Å². The van der Waals surface area contributed by atoms with Gasteiger partial charge in [0.1, 0.15) is 5.75 Å². The van der Waals surface area contributed by atoms with Crippen LogP contribution in [0.15, 0.2) is 53.6 Å². The number of hydrogen-bond donors (Lipinski definition) is 0. The summed E-state index contributed by atoms with van der Waals surface area (Å²) in [4.78, 5) is 15.0. The summed E-state index contributed by atoms with van der Waals surface area (Å²) in [7, 11) is 3.59. The van der Waals surface area contributed by atoms with E-state index in [9.17, 15) is 4.79 Å². The van der Waals surface area contributed by atoms with Crippen LogP contribution < -0.4 is 4.74 Å². The largest absolute Gasteiger partial charge is 0.497 e. The lowest BCUT2D eigenvalue weighted by atomic mass is 9.98. The summed E-state index contributed by atoms with van der Waals surface area (Å²) in [6.07, 6.45) is 0.658. The predicted molar refractivity (Wildman–Crippen MR) is 113 cm³/mol. The van der Waals surface area contributed by atoms with Gasteiger partial charge in [-0.3, -0.25) is 9.69 Å². The average Bonchev–Trinajstić information content (AvgIpc) is 3.14. The van der Waals surface area contributed by atoms with Crippen molar-refractivity contribution < 1.29 is 9.53 Å². The van der Waals surface area contributed by atoms with Crippen molar-refractivity contribution in [1.29, 1.82) is 0 Å². The van der Waals surface area contributed by atoms with Crippen molar-refractivity contribution in [3.63, 3.8) is 0 Å². The van der Waals surface area contributed by atoms with Gasteiger partial charge in [-0.05, 0) is 68.4 Å². The molecule has 3 rings (SSSR count). The van der Waals surface area contributed by atoms with Gasteiger partial charge in [0.25, 0.3) is 5.91 Å². The number of benzene rings is 2. The summed E-state index contributed by atoms with van der Waals surface area (Å²) in [6, 6.07) is 15.6. The van der Waals surface area contributed by atoms with Crippen LogP contribution in [0.2, 0.25) is 5.02 Å². The molecule has 28 heavy (non-hydrogen) atoms. The van der Waals surface area contributed by atoms with E-state index in [1.165, 1.54) is 0 Å². The van der Waals surface area contributed by atoms with Crippen LogP contribution in [0, 0.1) is 0 Å². The summed E-state index contributed by atoms with van der Waals surface area (Å²) in [5.74, 6) is 0.780. The van der Waals surface area contributed by atoms with Gasteiger partial charge in [0.15, 0.2) is 0 Å². The van der Waals surface area contributed by atoms with Crippen LogP contribution in [0.1, 0.15) is 37.4 Å². The fourth-order valence-corrected chi connectivity index (χ4v) is 3.24. The SMILES string of the molecule is COc1ccc(C2=NN(C(=O)CN(C)C(C)C)C(c3ccc(Cl)cc3)C2)cc1. The zero-order valence-corrected chi connectivity index (χ0v) is 17.5. The van der Waals surface area contributed by atoms with Crippen LogP contribution in [0.5, 0.6) is 5.75 Å². The summed E-state index contributed by atoms with van der Waals surface area (Å²) >= 11 is 6.05.